The lowest BCUT2D eigenvalue weighted by Crippen LogP contribution is -2.05. The van der Waals surface area contributed by atoms with Gasteiger partial charge in [-0.25, -0.2) is 0 Å². The van der Waals surface area contributed by atoms with Gasteiger partial charge in [0.05, 0.1) is 6.10 Å². The topological polar surface area (TPSA) is 26.3 Å². The molecule has 92 valence electrons. The highest BCUT2D eigenvalue weighted by atomic mass is 16.5. The lowest BCUT2D eigenvalue weighted by molar-refractivity contribution is 0.112. The number of rotatable bonds is 4. The Balaban J connectivity index is 2.41. The normalized spacial score (nSPS) is 10.4. The van der Waals surface area contributed by atoms with Gasteiger partial charge in [0.2, 0.25) is 0 Å². The van der Waals surface area contributed by atoms with Gasteiger partial charge in [-0.3, -0.25) is 4.79 Å². The zero-order valence-electron chi connectivity index (χ0n) is 10.6. The molecule has 0 radical (unpaired) electrons. The largest absolute Gasteiger partial charge is 0.491 e. The second-order valence-electron chi connectivity index (χ2n) is 4.40. The number of aldehydes is 1. The number of hydrogen-bond acceptors (Lipinski definition) is 2. The molecule has 0 fully saturated rings. The van der Waals surface area contributed by atoms with Crippen molar-refractivity contribution in [1.82, 2.24) is 0 Å². The van der Waals surface area contributed by atoms with Crippen LogP contribution in [0.25, 0.3) is 11.1 Å². The van der Waals surface area contributed by atoms with Crippen LogP contribution in [0.2, 0.25) is 0 Å². The summed E-state index contributed by atoms with van der Waals surface area (Å²) in [6.45, 7) is 3.98. The first-order chi connectivity index (χ1) is 8.70. The molecule has 0 unspecified atom stereocenters. The molecule has 0 bridgehead atoms. The molecule has 0 saturated heterocycles. The molecule has 0 aromatic heterocycles. The van der Waals surface area contributed by atoms with Crippen molar-refractivity contribution in [3.8, 4) is 16.9 Å². The van der Waals surface area contributed by atoms with E-state index < -0.39 is 0 Å². The van der Waals surface area contributed by atoms with Crippen LogP contribution in [0.1, 0.15) is 24.2 Å². The second kappa shape index (κ2) is 5.50. The SMILES string of the molecule is CC(C)Oc1cccc(-c2ccccc2C=O)c1. The molecule has 0 N–H and O–H groups in total. The van der Waals surface area contributed by atoms with Crippen LogP contribution in [0.4, 0.5) is 0 Å². The van der Waals surface area contributed by atoms with Gasteiger partial charge in [-0.1, -0.05) is 36.4 Å². The van der Waals surface area contributed by atoms with E-state index in [0.29, 0.717) is 5.56 Å². The first kappa shape index (κ1) is 12.4. The summed E-state index contributed by atoms with van der Waals surface area (Å²) in [7, 11) is 0. The predicted molar refractivity (Wildman–Crippen MR) is 73.0 cm³/mol. The molecule has 0 heterocycles. The van der Waals surface area contributed by atoms with E-state index in [4.69, 9.17) is 4.74 Å². The van der Waals surface area contributed by atoms with Crippen LogP contribution in [0.15, 0.2) is 48.5 Å². The van der Waals surface area contributed by atoms with Crippen LogP contribution in [-0.2, 0) is 0 Å². The first-order valence-electron chi connectivity index (χ1n) is 6.02. The van der Waals surface area contributed by atoms with E-state index in [9.17, 15) is 4.79 Å². The molecule has 2 aromatic rings. The summed E-state index contributed by atoms with van der Waals surface area (Å²) in [5.74, 6) is 0.822. The van der Waals surface area contributed by atoms with Crippen molar-refractivity contribution in [1.29, 1.82) is 0 Å². The summed E-state index contributed by atoms with van der Waals surface area (Å²) >= 11 is 0. The fraction of sp³-hybridized carbons (Fsp3) is 0.188. The predicted octanol–water partition coefficient (Wildman–Crippen LogP) is 3.95. The van der Waals surface area contributed by atoms with Crippen molar-refractivity contribution in [2.24, 2.45) is 0 Å². The monoisotopic (exact) mass is 240 g/mol. The van der Waals surface area contributed by atoms with E-state index in [-0.39, 0.29) is 6.10 Å². The van der Waals surface area contributed by atoms with Crippen molar-refractivity contribution < 1.29 is 9.53 Å². The van der Waals surface area contributed by atoms with Crippen molar-refractivity contribution in [3.05, 3.63) is 54.1 Å². The average molecular weight is 240 g/mol. The quantitative estimate of drug-likeness (QED) is 0.756. The molecular formula is C16H16O2. The number of ether oxygens (including phenoxy) is 1. The van der Waals surface area contributed by atoms with Crippen LogP contribution in [0, 0.1) is 0 Å². The van der Waals surface area contributed by atoms with Crippen molar-refractivity contribution >= 4 is 6.29 Å². The van der Waals surface area contributed by atoms with Gasteiger partial charge in [0.15, 0.2) is 6.29 Å². The maximum Gasteiger partial charge on any atom is 0.150 e. The maximum atomic E-state index is 11.0. The molecule has 0 atom stereocenters. The van der Waals surface area contributed by atoms with E-state index in [0.717, 1.165) is 23.2 Å². The van der Waals surface area contributed by atoms with Crippen molar-refractivity contribution in [3.63, 3.8) is 0 Å². The highest BCUT2D eigenvalue weighted by Crippen LogP contribution is 2.26. The summed E-state index contributed by atoms with van der Waals surface area (Å²) in [6, 6.07) is 15.4. The smallest absolute Gasteiger partial charge is 0.150 e. The van der Waals surface area contributed by atoms with E-state index in [1.54, 1.807) is 0 Å². The van der Waals surface area contributed by atoms with Crippen LogP contribution in [-0.4, -0.2) is 12.4 Å². The van der Waals surface area contributed by atoms with Crippen LogP contribution >= 0.6 is 0 Å². The number of carbonyl (C=O) groups excluding carboxylic acids is 1. The van der Waals surface area contributed by atoms with Gasteiger partial charge < -0.3 is 4.74 Å². The van der Waals surface area contributed by atoms with E-state index in [1.807, 2.05) is 62.4 Å². The van der Waals surface area contributed by atoms with Gasteiger partial charge >= 0.3 is 0 Å². The molecule has 2 nitrogen and oxygen atoms in total. The lowest BCUT2D eigenvalue weighted by Gasteiger charge is -2.11. The molecule has 0 amide bonds. The zero-order chi connectivity index (χ0) is 13.0. The average Bonchev–Trinajstić information content (AvgIpc) is 2.38. The van der Waals surface area contributed by atoms with E-state index in [2.05, 4.69) is 0 Å². The third kappa shape index (κ3) is 2.77. The molecule has 0 aliphatic heterocycles. The Morgan fingerprint density at radius 2 is 1.83 bits per heavy atom. The van der Waals surface area contributed by atoms with Gasteiger partial charge in [0.1, 0.15) is 5.75 Å². The van der Waals surface area contributed by atoms with Crippen LogP contribution in [0.5, 0.6) is 5.75 Å². The third-order valence-corrected chi connectivity index (χ3v) is 2.60. The Morgan fingerprint density at radius 3 is 2.56 bits per heavy atom. The van der Waals surface area contributed by atoms with Crippen LogP contribution < -0.4 is 4.74 Å². The standard InChI is InChI=1S/C16H16O2/c1-12(2)18-15-8-5-7-13(10-15)16-9-4-3-6-14(16)11-17/h3-12H,1-2H3. The zero-order valence-corrected chi connectivity index (χ0v) is 10.6. The van der Waals surface area contributed by atoms with Crippen molar-refractivity contribution in [2.45, 2.75) is 20.0 Å². The van der Waals surface area contributed by atoms with Crippen LogP contribution in [0.3, 0.4) is 0 Å². The molecule has 0 saturated carbocycles. The Hall–Kier alpha value is -2.09. The Labute approximate surface area is 107 Å². The lowest BCUT2D eigenvalue weighted by atomic mass is 10.0. The summed E-state index contributed by atoms with van der Waals surface area (Å²) in [5, 5.41) is 0. The fourth-order valence-corrected chi connectivity index (χ4v) is 1.87. The van der Waals surface area contributed by atoms with Gasteiger partial charge in [0, 0.05) is 5.56 Å². The molecule has 2 aromatic carbocycles. The minimum Gasteiger partial charge on any atom is -0.491 e. The highest BCUT2D eigenvalue weighted by molar-refractivity contribution is 5.87. The number of hydrogen-bond donors (Lipinski definition) is 0. The summed E-state index contributed by atoms with van der Waals surface area (Å²) < 4.78 is 5.66. The van der Waals surface area contributed by atoms with Gasteiger partial charge in [-0.05, 0) is 37.1 Å². The summed E-state index contributed by atoms with van der Waals surface area (Å²) in [5.41, 5.74) is 2.62. The molecule has 2 heteroatoms. The fourth-order valence-electron chi connectivity index (χ4n) is 1.87. The Morgan fingerprint density at radius 1 is 1.06 bits per heavy atom. The molecule has 2 rings (SSSR count). The number of carbonyl (C=O) groups is 1. The molecule has 18 heavy (non-hydrogen) atoms. The second-order valence-corrected chi connectivity index (χ2v) is 4.40. The first-order valence-corrected chi connectivity index (χ1v) is 6.02. The molecule has 0 aliphatic carbocycles. The van der Waals surface area contributed by atoms with Gasteiger partial charge in [-0.15, -0.1) is 0 Å². The highest BCUT2D eigenvalue weighted by Gasteiger charge is 2.05. The van der Waals surface area contributed by atoms with Gasteiger partial charge in [0.25, 0.3) is 0 Å². The van der Waals surface area contributed by atoms with E-state index >= 15 is 0 Å². The van der Waals surface area contributed by atoms with Crippen molar-refractivity contribution in [2.75, 3.05) is 0 Å². The Bertz CT molecular complexity index is 544. The van der Waals surface area contributed by atoms with Gasteiger partial charge in [-0.2, -0.15) is 0 Å². The molecule has 0 aliphatic rings. The minimum atomic E-state index is 0.140. The number of benzene rings is 2. The van der Waals surface area contributed by atoms with E-state index in [1.165, 1.54) is 0 Å². The maximum absolute atomic E-state index is 11.0. The Kier molecular flexibility index (Phi) is 3.78. The minimum absolute atomic E-state index is 0.140. The summed E-state index contributed by atoms with van der Waals surface area (Å²) in [4.78, 5) is 11.0. The summed E-state index contributed by atoms with van der Waals surface area (Å²) in [6.07, 6.45) is 1.02. The molecule has 0 spiro atoms. The third-order valence-electron chi connectivity index (χ3n) is 2.60. The molecular weight excluding hydrogens is 224 g/mol.